The van der Waals surface area contributed by atoms with Crippen LogP contribution in [-0.2, 0) is 14.6 Å². The quantitative estimate of drug-likeness (QED) is 0.546. The van der Waals surface area contributed by atoms with Crippen molar-refractivity contribution < 1.29 is 35.2 Å². The van der Waals surface area contributed by atoms with Crippen molar-refractivity contribution in [2.75, 3.05) is 11.5 Å². The lowest BCUT2D eigenvalue weighted by Crippen LogP contribution is -2.54. The molecule has 170 valence electrons. The highest BCUT2D eigenvalue weighted by molar-refractivity contribution is 7.91. The molecule has 0 heterocycles. The van der Waals surface area contributed by atoms with Crippen LogP contribution in [0.4, 0.5) is 22.0 Å². The van der Waals surface area contributed by atoms with Gasteiger partial charge >= 0.3 is 6.18 Å². The summed E-state index contributed by atoms with van der Waals surface area (Å²) in [6.45, 7) is 0. The lowest BCUT2D eigenvalue weighted by atomic mass is 10.0. The number of rotatable bonds is 9. The zero-order valence-electron chi connectivity index (χ0n) is 16.2. The molecule has 2 aliphatic rings. The Hall–Kier alpha value is -2.26. The first-order valence-electron chi connectivity index (χ1n) is 9.55. The molecule has 3 rings (SSSR count). The van der Waals surface area contributed by atoms with Crippen LogP contribution in [0.2, 0.25) is 0 Å². The summed E-state index contributed by atoms with van der Waals surface area (Å²) in [6, 6.07) is -1.34. The number of carbonyl (C=O) groups is 1. The fraction of sp³-hybridized carbons (Fsp3) is 0.579. The molecule has 0 radical (unpaired) electrons. The van der Waals surface area contributed by atoms with Gasteiger partial charge in [-0.05, 0) is 37.7 Å². The lowest BCUT2D eigenvalue weighted by molar-refractivity contribution is -0.161. The van der Waals surface area contributed by atoms with Gasteiger partial charge in [-0.25, -0.2) is 17.2 Å². The molecule has 1 aromatic carbocycles. The Morgan fingerprint density at radius 1 is 1.26 bits per heavy atom. The van der Waals surface area contributed by atoms with Gasteiger partial charge in [-0.3, -0.25) is 10.1 Å². The fourth-order valence-corrected chi connectivity index (χ4v) is 5.12. The molecule has 0 aliphatic heterocycles. The minimum absolute atomic E-state index is 0.101. The minimum Gasteiger partial charge on any atom is -0.336 e. The normalized spacial score (nSPS) is 19.9. The summed E-state index contributed by atoms with van der Waals surface area (Å²) < 4.78 is 93.3. The van der Waals surface area contributed by atoms with Crippen LogP contribution in [0.25, 0.3) is 0 Å². The molecule has 0 saturated heterocycles. The smallest absolute Gasteiger partial charge is 0.336 e. The molecule has 31 heavy (non-hydrogen) atoms. The van der Waals surface area contributed by atoms with Crippen LogP contribution in [0.3, 0.4) is 0 Å². The van der Waals surface area contributed by atoms with Crippen LogP contribution in [0.5, 0.6) is 0 Å². The molecular weight excluding hydrogens is 445 g/mol. The molecule has 2 fully saturated rings. The van der Waals surface area contributed by atoms with E-state index in [-0.39, 0.29) is 30.6 Å². The van der Waals surface area contributed by atoms with Gasteiger partial charge in [0.2, 0.25) is 5.91 Å². The van der Waals surface area contributed by atoms with Crippen molar-refractivity contribution in [1.29, 1.82) is 5.26 Å². The number of halogens is 5. The highest BCUT2D eigenvalue weighted by Gasteiger charge is 2.48. The summed E-state index contributed by atoms with van der Waals surface area (Å²) in [4.78, 5) is 12.7. The van der Waals surface area contributed by atoms with E-state index in [1.807, 2.05) is 11.4 Å². The Bertz CT molecular complexity index is 998. The number of nitrogens with zero attached hydrogens (tertiary/aromatic N) is 1. The molecular formula is C19H20F5N3O3S. The average molecular weight is 465 g/mol. The topological polar surface area (TPSA) is 99.1 Å². The van der Waals surface area contributed by atoms with Crippen molar-refractivity contribution in [3.8, 4) is 6.07 Å². The summed E-state index contributed by atoms with van der Waals surface area (Å²) in [6.07, 6.45) is -3.21. The third kappa shape index (κ3) is 6.13. The van der Waals surface area contributed by atoms with E-state index in [1.165, 1.54) is 0 Å². The number of carbonyl (C=O) groups excluding carboxylic acids is 1. The zero-order valence-corrected chi connectivity index (χ0v) is 17.0. The van der Waals surface area contributed by atoms with Crippen molar-refractivity contribution in [1.82, 2.24) is 10.6 Å². The third-order valence-corrected chi connectivity index (χ3v) is 7.04. The van der Waals surface area contributed by atoms with E-state index >= 15 is 0 Å². The SMILES string of the molecule is N#CC1(NC(=O)C(CS(=O)(=O)CC2CC2)N[C@@H](c2ccc(F)cc2F)C(F)(F)F)CC1. The van der Waals surface area contributed by atoms with Crippen molar-refractivity contribution in [2.45, 2.75) is 49.5 Å². The maximum Gasteiger partial charge on any atom is 0.408 e. The van der Waals surface area contributed by atoms with E-state index in [9.17, 15) is 35.2 Å². The predicted molar refractivity (Wildman–Crippen MR) is 99.2 cm³/mol. The minimum atomic E-state index is -5.12. The van der Waals surface area contributed by atoms with Crippen LogP contribution in [0, 0.1) is 28.9 Å². The lowest BCUT2D eigenvalue weighted by Gasteiger charge is -2.28. The molecule has 6 nitrogen and oxygen atoms in total. The summed E-state index contributed by atoms with van der Waals surface area (Å²) in [5.74, 6) is -5.01. The fourth-order valence-electron chi connectivity index (χ4n) is 3.18. The molecule has 12 heteroatoms. The summed E-state index contributed by atoms with van der Waals surface area (Å²) in [5.41, 5.74) is -2.22. The number of alkyl halides is 3. The molecule has 1 aromatic rings. The van der Waals surface area contributed by atoms with Gasteiger partial charge in [-0.1, -0.05) is 6.07 Å². The largest absolute Gasteiger partial charge is 0.408 e. The van der Waals surface area contributed by atoms with E-state index in [1.54, 1.807) is 0 Å². The maximum atomic E-state index is 14.1. The van der Waals surface area contributed by atoms with Crippen LogP contribution in [0.15, 0.2) is 18.2 Å². The number of sulfone groups is 1. The molecule has 2 saturated carbocycles. The number of nitriles is 1. The Balaban J connectivity index is 1.89. The van der Waals surface area contributed by atoms with Crippen molar-refractivity contribution in [3.05, 3.63) is 35.4 Å². The first-order valence-corrected chi connectivity index (χ1v) is 11.4. The highest BCUT2D eigenvalue weighted by Crippen LogP contribution is 2.37. The third-order valence-electron chi connectivity index (χ3n) is 5.22. The highest BCUT2D eigenvalue weighted by atomic mass is 32.2. The first kappa shape index (κ1) is 23.4. The van der Waals surface area contributed by atoms with Crippen LogP contribution < -0.4 is 10.6 Å². The Kier molecular flexibility index (Phi) is 6.30. The molecule has 0 aromatic heterocycles. The average Bonchev–Trinajstić information content (AvgIpc) is 3.56. The van der Waals surface area contributed by atoms with Crippen LogP contribution >= 0.6 is 0 Å². The zero-order chi connectivity index (χ0) is 23.0. The molecule has 1 amide bonds. The molecule has 1 unspecified atom stereocenters. The van der Waals surface area contributed by atoms with E-state index in [2.05, 4.69) is 5.32 Å². The number of hydrogen-bond donors (Lipinski definition) is 2. The van der Waals surface area contributed by atoms with Crippen LogP contribution in [0.1, 0.15) is 37.3 Å². The number of amides is 1. The second kappa shape index (κ2) is 8.35. The van der Waals surface area contributed by atoms with E-state index in [4.69, 9.17) is 5.26 Å². The number of nitrogens with one attached hydrogen (secondary N) is 2. The first-order chi connectivity index (χ1) is 14.3. The van der Waals surface area contributed by atoms with Crippen molar-refractivity contribution >= 4 is 15.7 Å². The van der Waals surface area contributed by atoms with Gasteiger partial charge in [-0.2, -0.15) is 18.4 Å². The van der Waals surface area contributed by atoms with Gasteiger partial charge in [0.05, 0.1) is 17.6 Å². The molecule has 2 atom stereocenters. The monoisotopic (exact) mass is 465 g/mol. The van der Waals surface area contributed by atoms with E-state index < -0.39 is 62.5 Å². The van der Waals surface area contributed by atoms with Crippen LogP contribution in [-0.4, -0.2) is 43.6 Å². The second-order valence-corrected chi connectivity index (χ2v) is 10.2. The number of hydrogen-bond acceptors (Lipinski definition) is 5. The maximum absolute atomic E-state index is 14.1. The van der Waals surface area contributed by atoms with Crippen molar-refractivity contribution in [2.24, 2.45) is 5.92 Å². The van der Waals surface area contributed by atoms with Gasteiger partial charge < -0.3 is 5.32 Å². The van der Waals surface area contributed by atoms with Gasteiger partial charge in [0, 0.05) is 11.6 Å². The van der Waals surface area contributed by atoms with Gasteiger partial charge in [0.1, 0.15) is 29.3 Å². The summed E-state index contributed by atoms with van der Waals surface area (Å²) in [5, 5.41) is 13.3. The molecule has 0 bridgehead atoms. The molecule has 2 N–H and O–H groups in total. The Morgan fingerprint density at radius 3 is 2.39 bits per heavy atom. The second-order valence-electron chi connectivity index (χ2n) is 8.06. The molecule has 0 spiro atoms. The summed E-state index contributed by atoms with van der Waals surface area (Å²) in [7, 11) is -3.92. The predicted octanol–water partition coefficient (Wildman–Crippen LogP) is 2.52. The van der Waals surface area contributed by atoms with E-state index in [0.717, 1.165) is 0 Å². The summed E-state index contributed by atoms with van der Waals surface area (Å²) >= 11 is 0. The Morgan fingerprint density at radius 2 is 1.90 bits per heavy atom. The van der Waals surface area contributed by atoms with E-state index in [0.29, 0.717) is 25.0 Å². The van der Waals surface area contributed by atoms with Crippen molar-refractivity contribution in [3.63, 3.8) is 0 Å². The van der Waals surface area contributed by atoms with Gasteiger partial charge in [0.15, 0.2) is 9.84 Å². The molecule has 2 aliphatic carbocycles. The standard InChI is InChI=1S/C19H20F5N3O3S/c20-12-3-4-13(14(21)7-12)16(19(22,23)24)26-15(9-31(29,30)8-11-1-2-11)17(28)27-18(10-25)5-6-18/h3-4,7,11,15-16,26H,1-2,5-6,8-9H2,(H,27,28)/t15?,16-/m0/s1. The Labute approximate surface area is 175 Å². The van der Waals surface area contributed by atoms with Gasteiger partial charge in [0.25, 0.3) is 0 Å². The van der Waals surface area contributed by atoms with Gasteiger partial charge in [-0.15, -0.1) is 0 Å². The number of benzene rings is 1.